The van der Waals surface area contributed by atoms with Gasteiger partial charge in [0.05, 0.1) is 6.61 Å². The third-order valence-electron chi connectivity index (χ3n) is 6.47. The molecule has 1 aromatic rings. The van der Waals surface area contributed by atoms with Crippen molar-refractivity contribution in [1.29, 1.82) is 0 Å². The molecule has 3 aliphatic rings. The monoisotopic (exact) mass is 340 g/mol. The van der Waals surface area contributed by atoms with Gasteiger partial charge in [-0.1, -0.05) is 36.8 Å². The van der Waals surface area contributed by atoms with Crippen molar-refractivity contribution in [2.45, 2.75) is 62.9 Å². The largest absolute Gasteiger partial charge is 0.395 e. The highest BCUT2D eigenvalue weighted by Gasteiger charge is 2.40. The minimum atomic E-state index is 0.204. The Bertz CT molecular complexity index is 591. The van der Waals surface area contributed by atoms with Gasteiger partial charge < -0.3 is 15.7 Å². The van der Waals surface area contributed by atoms with Crippen LogP contribution in [0.25, 0.3) is 5.57 Å². The third-order valence-corrected chi connectivity index (χ3v) is 6.47. The molecule has 0 aromatic heterocycles. The number of hydrogen-bond acceptors (Lipinski definition) is 3. The van der Waals surface area contributed by atoms with Gasteiger partial charge in [-0.2, -0.15) is 0 Å². The van der Waals surface area contributed by atoms with Crippen LogP contribution in [0.5, 0.6) is 0 Å². The van der Waals surface area contributed by atoms with Crippen LogP contribution in [0.3, 0.4) is 0 Å². The summed E-state index contributed by atoms with van der Waals surface area (Å²) in [5, 5.41) is 16.8. The Balaban J connectivity index is 1.37. The molecule has 0 bridgehead atoms. The van der Waals surface area contributed by atoms with Gasteiger partial charge in [0.1, 0.15) is 0 Å². The van der Waals surface area contributed by atoms with E-state index < -0.39 is 0 Å². The first-order chi connectivity index (χ1) is 12.3. The van der Waals surface area contributed by atoms with Crippen LogP contribution in [-0.2, 0) is 0 Å². The van der Waals surface area contributed by atoms with Gasteiger partial charge in [0.15, 0.2) is 0 Å². The second-order valence-corrected chi connectivity index (χ2v) is 8.14. The Morgan fingerprint density at radius 1 is 1.00 bits per heavy atom. The Morgan fingerprint density at radius 3 is 2.48 bits per heavy atom. The van der Waals surface area contributed by atoms with Crippen molar-refractivity contribution in [1.82, 2.24) is 10.6 Å². The number of allylic oxidation sites excluding steroid dienone is 2. The van der Waals surface area contributed by atoms with E-state index in [-0.39, 0.29) is 12.6 Å². The molecule has 1 saturated carbocycles. The summed E-state index contributed by atoms with van der Waals surface area (Å²) in [4.78, 5) is 0. The van der Waals surface area contributed by atoms with E-state index in [1.54, 1.807) is 0 Å². The lowest BCUT2D eigenvalue weighted by Gasteiger charge is -2.46. The first-order valence-electron chi connectivity index (χ1n) is 10.2. The molecule has 1 saturated heterocycles. The van der Waals surface area contributed by atoms with E-state index in [1.807, 2.05) is 0 Å². The van der Waals surface area contributed by atoms with E-state index in [0.717, 1.165) is 19.0 Å². The highest BCUT2D eigenvalue weighted by molar-refractivity contribution is 5.66. The number of nitrogens with one attached hydrogen (secondary N) is 2. The maximum atomic E-state index is 9.66. The molecule has 1 heterocycles. The van der Waals surface area contributed by atoms with Crippen molar-refractivity contribution in [3.8, 4) is 0 Å². The second-order valence-electron chi connectivity index (χ2n) is 8.14. The van der Waals surface area contributed by atoms with Crippen LogP contribution in [0.4, 0.5) is 0 Å². The third kappa shape index (κ3) is 3.84. The van der Waals surface area contributed by atoms with Crippen LogP contribution in [0.15, 0.2) is 30.3 Å². The fourth-order valence-electron chi connectivity index (χ4n) is 4.62. The lowest BCUT2D eigenvalue weighted by molar-refractivity contribution is 0.125. The van der Waals surface area contributed by atoms with E-state index in [0.29, 0.717) is 12.0 Å². The van der Waals surface area contributed by atoms with Crippen molar-refractivity contribution >= 4 is 5.57 Å². The minimum absolute atomic E-state index is 0.204. The minimum Gasteiger partial charge on any atom is -0.395 e. The molecule has 136 valence electrons. The first kappa shape index (κ1) is 17.3. The molecule has 0 unspecified atom stereocenters. The Kier molecular flexibility index (Phi) is 5.54. The summed E-state index contributed by atoms with van der Waals surface area (Å²) in [6.07, 6.45) is 11.7. The molecule has 0 amide bonds. The van der Waals surface area contributed by atoms with Crippen LogP contribution in [0.2, 0.25) is 0 Å². The van der Waals surface area contributed by atoms with E-state index in [1.165, 1.54) is 61.6 Å². The zero-order valence-corrected chi connectivity index (χ0v) is 15.2. The van der Waals surface area contributed by atoms with Gasteiger partial charge in [-0.05, 0) is 67.7 Å². The zero-order chi connectivity index (χ0) is 17.1. The van der Waals surface area contributed by atoms with Crippen LogP contribution < -0.4 is 10.6 Å². The van der Waals surface area contributed by atoms with Gasteiger partial charge >= 0.3 is 0 Å². The quantitative estimate of drug-likeness (QED) is 0.712. The average Bonchev–Trinajstić information content (AvgIpc) is 2.60. The summed E-state index contributed by atoms with van der Waals surface area (Å²) in [5.74, 6) is 1.32. The highest BCUT2D eigenvalue weighted by atomic mass is 16.3. The van der Waals surface area contributed by atoms with Gasteiger partial charge in [0, 0.05) is 24.5 Å². The normalized spacial score (nSPS) is 29.6. The summed E-state index contributed by atoms with van der Waals surface area (Å²) in [7, 11) is 0. The van der Waals surface area contributed by atoms with Crippen molar-refractivity contribution in [2.24, 2.45) is 5.92 Å². The number of aliphatic hydroxyl groups is 1. The van der Waals surface area contributed by atoms with Crippen molar-refractivity contribution in [2.75, 3.05) is 19.7 Å². The number of hydrogen-bond donors (Lipinski definition) is 3. The fourth-order valence-corrected chi connectivity index (χ4v) is 4.62. The molecule has 4 rings (SSSR count). The van der Waals surface area contributed by atoms with E-state index in [2.05, 4.69) is 41.0 Å². The highest BCUT2D eigenvalue weighted by Crippen LogP contribution is 2.34. The van der Waals surface area contributed by atoms with Crippen LogP contribution in [0.1, 0.15) is 62.0 Å². The molecule has 0 spiro atoms. The van der Waals surface area contributed by atoms with Crippen LogP contribution in [0, 0.1) is 5.92 Å². The summed E-state index contributed by atoms with van der Waals surface area (Å²) < 4.78 is 0. The summed E-state index contributed by atoms with van der Waals surface area (Å²) in [5.41, 5.74) is 4.27. The van der Waals surface area contributed by atoms with E-state index >= 15 is 0 Å². The predicted molar refractivity (Wildman–Crippen MR) is 104 cm³/mol. The summed E-state index contributed by atoms with van der Waals surface area (Å²) >= 11 is 0. The maximum Gasteiger partial charge on any atom is 0.0591 e. The van der Waals surface area contributed by atoms with Crippen LogP contribution >= 0.6 is 0 Å². The molecule has 3 heteroatoms. The zero-order valence-electron chi connectivity index (χ0n) is 15.2. The van der Waals surface area contributed by atoms with Crippen molar-refractivity contribution < 1.29 is 5.11 Å². The number of aliphatic hydroxyl groups excluding tert-OH is 1. The Labute approximate surface area is 151 Å². The standard InChI is InChI=1S/C22H32N2O/c25-15-21-22(20(24-21)14-23-13-16-5-4-6-16)19-11-9-18(10-12-19)17-7-2-1-3-8-17/h7,9-12,16,20-25H,1-6,8,13-15H2/t20-,21+,22-/m0/s1. The molecule has 2 aliphatic carbocycles. The van der Waals surface area contributed by atoms with Crippen molar-refractivity contribution in [3.05, 3.63) is 41.5 Å². The molecule has 1 aliphatic heterocycles. The summed E-state index contributed by atoms with van der Waals surface area (Å²) in [6.45, 7) is 2.38. The van der Waals surface area contributed by atoms with Gasteiger partial charge in [-0.25, -0.2) is 0 Å². The SMILES string of the molecule is OC[C@H]1N[C@@H](CNCC2CCC2)[C@@H]1c1ccc(C2=CCCCC2)cc1. The average molecular weight is 341 g/mol. The maximum absolute atomic E-state index is 9.66. The topological polar surface area (TPSA) is 44.3 Å². The predicted octanol–water partition coefficient (Wildman–Crippen LogP) is 3.45. The molecule has 3 N–H and O–H groups in total. The van der Waals surface area contributed by atoms with Gasteiger partial charge in [0.25, 0.3) is 0 Å². The lowest BCUT2D eigenvalue weighted by Crippen LogP contribution is -2.64. The number of rotatable bonds is 7. The molecule has 1 aromatic carbocycles. The molecular weight excluding hydrogens is 308 g/mol. The molecule has 0 radical (unpaired) electrons. The van der Waals surface area contributed by atoms with Crippen LogP contribution in [-0.4, -0.2) is 36.9 Å². The van der Waals surface area contributed by atoms with E-state index in [9.17, 15) is 5.11 Å². The Morgan fingerprint density at radius 2 is 1.84 bits per heavy atom. The van der Waals surface area contributed by atoms with E-state index in [4.69, 9.17) is 0 Å². The fraction of sp³-hybridized carbons (Fsp3) is 0.636. The second kappa shape index (κ2) is 8.03. The molecule has 3 atom stereocenters. The van der Waals surface area contributed by atoms with Gasteiger partial charge in [-0.15, -0.1) is 0 Å². The number of benzene rings is 1. The first-order valence-corrected chi connectivity index (χ1v) is 10.2. The van der Waals surface area contributed by atoms with Gasteiger partial charge in [0.2, 0.25) is 0 Å². The Hall–Kier alpha value is -1.16. The lowest BCUT2D eigenvalue weighted by atomic mass is 9.77. The van der Waals surface area contributed by atoms with Crippen molar-refractivity contribution in [3.63, 3.8) is 0 Å². The molecule has 2 fully saturated rings. The van der Waals surface area contributed by atoms with Gasteiger partial charge in [-0.3, -0.25) is 0 Å². The molecular formula is C22H32N2O. The smallest absolute Gasteiger partial charge is 0.0591 e. The molecule has 3 nitrogen and oxygen atoms in total. The summed E-state index contributed by atoms with van der Waals surface area (Å²) in [6, 6.07) is 9.80. The molecule has 25 heavy (non-hydrogen) atoms.